The van der Waals surface area contributed by atoms with Crippen LogP contribution in [-0.4, -0.2) is 66.3 Å². The maximum Gasteiger partial charge on any atom is 0.410 e. The second-order valence-corrected chi connectivity index (χ2v) is 5.10. The van der Waals surface area contributed by atoms with Crippen molar-refractivity contribution >= 4 is 18.6 Å². The normalized spacial score (nSPS) is 21.0. The first-order valence-electron chi connectivity index (χ1n) is 7.19. The SMILES string of the molecule is O=C1OCC2CN(C/C=C/c3ccccc3)CCN12.O=CO. The van der Waals surface area contributed by atoms with Crippen molar-refractivity contribution in [2.75, 3.05) is 32.8 Å². The lowest BCUT2D eigenvalue weighted by molar-refractivity contribution is -0.122. The Bertz CT molecular complexity index is 518. The van der Waals surface area contributed by atoms with Crippen LogP contribution in [-0.2, 0) is 9.53 Å². The van der Waals surface area contributed by atoms with Crippen LogP contribution in [0.25, 0.3) is 6.08 Å². The number of cyclic esters (lactones) is 1. The monoisotopic (exact) mass is 304 g/mol. The number of ether oxygens (including phenoxy) is 1. The highest BCUT2D eigenvalue weighted by Gasteiger charge is 2.36. The van der Waals surface area contributed by atoms with Gasteiger partial charge < -0.3 is 9.84 Å². The highest BCUT2D eigenvalue weighted by atomic mass is 16.6. The first kappa shape index (κ1) is 16.0. The standard InChI is InChI=1S/C15H18N2O2.CH2O2/c18-15-17-10-9-16(11-14(17)12-19-15)8-4-7-13-5-2-1-3-6-13;2-1-3/h1-7,14H,8-12H2;1H,(H,2,3)/b7-4+;. The third-order valence-electron chi connectivity index (χ3n) is 3.67. The van der Waals surface area contributed by atoms with E-state index in [2.05, 4.69) is 29.2 Å². The molecule has 0 bridgehead atoms. The lowest BCUT2D eigenvalue weighted by Crippen LogP contribution is -2.51. The molecule has 118 valence electrons. The van der Waals surface area contributed by atoms with Crippen LogP contribution >= 0.6 is 0 Å². The first-order valence-corrected chi connectivity index (χ1v) is 7.19. The van der Waals surface area contributed by atoms with Crippen LogP contribution < -0.4 is 0 Å². The molecule has 1 N–H and O–H groups in total. The van der Waals surface area contributed by atoms with Crippen molar-refractivity contribution in [1.82, 2.24) is 9.80 Å². The van der Waals surface area contributed by atoms with Crippen LogP contribution in [0.2, 0.25) is 0 Å². The Morgan fingerprint density at radius 3 is 2.73 bits per heavy atom. The molecular weight excluding hydrogens is 284 g/mol. The Balaban J connectivity index is 0.000000545. The molecule has 2 fully saturated rings. The number of hydrogen-bond donors (Lipinski definition) is 1. The summed E-state index contributed by atoms with van der Waals surface area (Å²) in [5.74, 6) is 0. The topological polar surface area (TPSA) is 70.1 Å². The number of carboxylic acid groups (broad SMARTS) is 1. The van der Waals surface area contributed by atoms with E-state index in [1.807, 2.05) is 23.1 Å². The predicted molar refractivity (Wildman–Crippen MR) is 82.5 cm³/mol. The number of benzene rings is 1. The third kappa shape index (κ3) is 4.33. The Morgan fingerprint density at radius 1 is 1.27 bits per heavy atom. The van der Waals surface area contributed by atoms with E-state index in [0.717, 1.165) is 26.2 Å². The van der Waals surface area contributed by atoms with Gasteiger partial charge in [0.1, 0.15) is 6.61 Å². The number of hydrogen-bond acceptors (Lipinski definition) is 4. The molecule has 2 heterocycles. The minimum absolute atomic E-state index is 0.149. The number of carbonyl (C=O) groups excluding carboxylic acids is 1. The van der Waals surface area contributed by atoms with Crippen LogP contribution in [0.15, 0.2) is 36.4 Å². The van der Waals surface area contributed by atoms with E-state index in [0.29, 0.717) is 6.61 Å². The van der Waals surface area contributed by atoms with Crippen LogP contribution in [0.4, 0.5) is 4.79 Å². The molecule has 1 aromatic rings. The molecule has 1 aromatic carbocycles. The Kier molecular flexibility index (Phi) is 5.97. The minimum Gasteiger partial charge on any atom is -0.483 e. The molecule has 6 heteroatoms. The van der Waals surface area contributed by atoms with E-state index >= 15 is 0 Å². The van der Waals surface area contributed by atoms with E-state index in [1.54, 1.807) is 0 Å². The van der Waals surface area contributed by atoms with E-state index in [4.69, 9.17) is 14.6 Å². The van der Waals surface area contributed by atoms with Crippen LogP contribution in [0.1, 0.15) is 5.56 Å². The highest BCUT2D eigenvalue weighted by Crippen LogP contribution is 2.17. The van der Waals surface area contributed by atoms with Crippen molar-refractivity contribution in [1.29, 1.82) is 0 Å². The van der Waals surface area contributed by atoms with Crippen molar-refractivity contribution in [2.24, 2.45) is 0 Å². The molecule has 0 aromatic heterocycles. The Hall–Kier alpha value is -2.34. The first-order chi connectivity index (χ1) is 10.7. The summed E-state index contributed by atoms with van der Waals surface area (Å²) in [7, 11) is 0. The summed E-state index contributed by atoms with van der Waals surface area (Å²) >= 11 is 0. The molecule has 0 radical (unpaired) electrons. The summed E-state index contributed by atoms with van der Waals surface area (Å²) in [5, 5.41) is 6.89. The predicted octanol–water partition coefficient (Wildman–Crippen LogP) is 1.54. The molecule has 2 saturated heterocycles. The molecule has 0 spiro atoms. The molecular formula is C16H20N2O4. The van der Waals surface area contributed by atoms with Gasteiger partial charge in [-0.1, -0.05) is 42.5 Å². The molecule has 0 aliphatic carbocycles. The molecule has 2 aliphatic heterocycles. The number of piperazine rings is 1. The average Bonchev–Trinajstić information content (AvgIpc) is 2.90. The summed E-state index contributed by atoms with van der Waals surface area (Å²) in [6.07, 6.45) is 4.18. The number of nitrogens with zero attached hydrogens (tertiary/aromatic N) is 2. The van der Waals surface area contributed by atoms with Gasteiger partial charge in [0.05, 0.1) is 6.04 Å². The second-order valence-electron chi connectivity index (χ2n) is 5.10. The quantitative estimate of drug-likeness (QED) is 0.858. The van der Waals surface area contributed by atoms with Crippen molar-refractivity contribution in [3.63, 3.8) is 0 Å². The van der Waals surface area contributed by atoms with Crippen molar-refractivity contribution in [3.8, 4) is 0 Å². The number of carbonyl (C=O) groups is 2. The largest absolute Gasteiger partial charge is 0.483 e. The van der Waals surface area contributed by atoms with Gasteiger partial charge in [-0.25, -0.2) is 4.79 Å². The zero-order valence-corrected chi connectivity index (χ0v) is 12.3. The van der Waals surface area contributed by atoms with Gasteiger partial charge in [-0.2, -0.15) is 0 Å². The maximum absolute atomic E-state index is 11.4. The maximum atomic E-state index is 11.4. The molecule has 3 rings (SSSR count). The van der Waals surface area contributed by atoms with Crippen LogP contribution in [0, 0.1) is 0 Å². The smallest absolute Gasteiger partial charge is 0.410 e. The molecule has 22 heavy (non-hydrogen) atoms. The fourth-order valence-corrected chi connectivity index (χ4v) is 2.62. The third-order valence-corrected chi connectivity index (χ3v) is 3.67. The summed E-state index contributed by atoms with van der Waals surface area (Å²) in [5.41, 5.74) is 1.22. The second kappa shape index (κ2) is 8.19. The highest BCUT2D eigenvalue weighted by molar-refractivity contribution is 5.70. The molecule has 0 saturated carbocycles. The molecule has 1 amide bonds. The van der Waals surface area contributed by atoms with Gasteiger partial charge in [0.15, 0.2) is 0 Å². The number of fused-ring (bicyclic) bond motifs is 1. The summed E-state index contributed by atoms with van der Waals surface area (Å²) in [6.45, 7) is 3.82. The molecule has 1 unspecified atom stereocenters. The lowest BCUT2D eigenvalue weighted by atomic mass is 10.2. The Labute approximate surface area is 129 Å². The molecule has 2 aliphatic rings. The van der Waals surface area contributed by atoms with Crippen molar-refractivity contribution in [3.05, 3.63) is 42.0 Å². The number of rotatable bonds is 3. The van der Waals surface area contributed by atoms with Gasteiger partial charge in [0, 0.05) is 26.2 Å². The Morgan fingerprint density at radius 2 is 2.00 bits per heavy atom. The van der Waals surface area contributed by atoms with Crippen molar-refractivity contribution < 1.29 is 19.4 Å². The van der Waals surface area contributed by atoms with Gasteiger partial charge in [0.2, 0.25) is 0 Å². The summed E-state index contributed by atoms with van der Waals surface area (Å²) < 4.78 is 5.06. The van der Waals surface area contributed by atoms with Gasteiger partial charge in [-0.05, 0) is 5.56 Å². The van der Waals surface area contributed by atoms with E-state index < -0.39 is 0 Å². The van der Waals surface area contributed by atoms with E-state index in [-0.39, 0.29) is 18.6 Å². The fraction of sp³-hybridized carbons (Fsp3) is 0.375. The summed E-state index contributed by atoms with van der Waals surface area (Å²) in [6, 6.07) is 10.5. The van der Waals surface area contributed by atoms with Gasteiger partial charge in [-0.3, -0.25) is 14.6 Å². The van der Waals surface area contributed by atoms with Crippen LogP contribution in [0.3, 0.4) is 0 Å². The van der Waals surface area contributed by atoms with Gasteiger partial charge in [0.25, 0.3) is 6.47 Å². The molecule has 1 atom stereocenters. The average molecular weight is 304 g/mol. The zero-order chi connectivity index (χ0) is 15.8. The fourth-order valence-electron chi connectivity index (χ4n) is 2.62. The van der Waals surface area contributed by atoms with Gasteiger partial charge >= 0.3 is 6.09 Å². The van der Waals surface area contributed by atoms with E-state index in [1.165, 1.54) is 5.56 Å². The van der Waals surface area contributed by atoms with E-state index in [9.17, 15) is 4.79 Å². The summed E-state index contributed by atoms with van der Waals surface area (Å²) in [4.78, 5) is 24.0. The molecule has 6 nitrogen and oxygen atoms in total. The minimum atomic E-state index is -0.250. The lowest BCUT2D eigenvalue weighted by Gasteiger charge is -2.34. The van der Waals surface area contributed by atoms with Crippen molar-refractivity contribution in [2.45, 2.75) is 6.04 Å². The van der Waals surface area contributed by atoms with Crippen LogP contribution in [0.5, 0.6) is 0 Å². The zero-order valence-electron chi connectivity index (χ0n) is 12.3. The van der Waals surface area contributed by atoms with Gasteiger partial charge in [-0.15, -0.1) is 0 Å². The number of amides is 1.